The van der Waals surface area contributed by atoms with Crippen molar-refractivity contribution in [3.63, 3.8) is 0 Å². The van der Waals surface area contributed by atoms with E-state index in [2.05, 4.69) is 27.3 Å². The zero-order valence-corrected chi connectivity index (χ0v) is 32.2. The van der Waals surface area contributed by atoms with Crippen LogP contribution >= 0.6 is 0 Å². The van der Waals surface area contributed by atoms with Crippen molar-refractivity contribution in [2.24, 2.45) is 0 Å². The second-order valence-corrected chi connectivity index (χ2v) is 13.1. The molecule has 3 aromatic carbocycles. The fourth-order valence-corrected chi connectivity index (χ4v) is 8.15. The number of hydrogen-bond acceptors (Lipinski definition) is 8. The van der Waals surface area contributed by atoms with Crippen LogP contribution in [0.25, 0.3) is 6.08 Å². The molecule has 4 aliphatic rings. The number of ether oxygens (including phenoxy) is 2. The van der Waals surface area contributed by atoms with E-state index in [9.17, 15) is 33.4 Å². The molecule has 1 saturated heterocycles. The molecule has 49 heavy (non-hydrogen) atoms. The predicted molar refractivity (Wildman–Crippen MR) is 170 cm³/mol. The van der Waals surface area contributed by atoms with Gasteiger partial charge in [-0.25, -0.2) is 0 Å². The second kappa shape index (κ2) is 13.1. The van der Waals surface area contributed by atoms with Crippen LogP contribution in [0.3, 0.4) is 0 Å². The van der Waals surface area contributed by atoms with Gasteiger partial charge in [-0.1, -0.05) is 18.2 Å². The maximum atomic E-state index is 13.2. The number of nitrogens with zero attached hydrogens (tertiary/aromatic N) is 3. The van der Waals surface area contributed by atoms with E-state index in [-0.39, 0.29) is 92.6 Å². The van der Waals surface area contributed by atoms with Gasteiger partial charge in [0.05, 0.1) is 23.7 Å². The third kappa shape index (κ3) is 5.79. The number of halogens is 3. The van der Waals surface area contributed by atoms with E-state index in [1.165, 1.54) is 24.3 Å². The molecular formula is C36H35AcF3N4O5. The summed E-state index contributed by atoms with van der Waals surface area (Å²) in [7, 11) is 1.96. The van der Waals surface area contributed by atoms with Crippen LogP contribution in [0.4, 0.5) is 13.2 Å². The SMILES string of the molecule is Cc1cc2c(c(O)c1C)C1C3Cc4c(O)c(C)c5c(c4[C@H](CNC(=O)/C=C/c4cccc(C(F)(F)F)c4)N3[C@@H](C#N)[C@H](C2)N1C)OCO5.[Ac]. The Balaban J connectivity index is 0.00000417. The van der Waals surface area contributed by atoms with Gasteiger partial charge in [0.25, 0.3) is 0 Å². The van der Waals surface area contributed by atoms with E-state index >= 15 is 0 Å². The first-order chi connectivity index (χ1) is 22.8. The number of aromatic hydroxyl groups is 2. The van der Waals surface area contributed by atoms with Gasteiger partial charge in [0.2, 0.25) is 12.7 Å². The number of phenolic OH excluding ortho intramolecular Hbond substituents is 2. The molecule has 253 valence electrons. The quantitative estimate of drug-likeness (QED) is 0.300. The van der Waals surface area contributed by atoms with E-state index in [4.69, 9.17) is 9.47 Å². The standard InChI is InChI=1S/C36H35F3N4O5.Ac/c1-17-10-21-12-24-26(14-40)43-25(31(42(24)4)29(21)33(46)18(17)2)13-23-30(35-34(47-16-48-35)19(3)32(23)45)27(43)15-41-28(44)9-8-20-6-5-7-22(11-20)36(37,38)39;/h5-11,24-27,31,45-46H,12-13,15-16H2,1-4H3,(H,41,44);/b9-8+;/t24-,25?,26-,27-,31?;/m0./s1. The van der Waals surface area contributed by atoms with Crippen molar-refractivity contribution in [2.75, 3.05) is 20.4 Å². The largest absolute Gasteiger partial charge is 0.507 e. The second-order valence-electron chi connectivity index (χ2n) is 13.1. The predicted octanol–water partition coefficient (Wildman–Crippen LogP) is 5.37. The van der Waals surface area contributed by atoms with E-state index in [0.717, 1.165) is 34.4 Å². The molecule has 2 bridgehead atoms. The molecule has 4 aliphatic heterocycles. The summed E-state index contributed by atoms with van der Waals surface area (Å²) in [5.41, 5.74) is 4.71. The normalized spacial score (nSPS) is 24.0. The Kier molecular flexibility index (Phi) is 9.51. The number of fused-ring (bicyclic) bond motifs is 9. The molecule has 1 amide bonds. The molecule has 13 heteroatoms. The molecule has 1 fully saturated rings. The van der Waals surface area contributed by atoms with Gasteiger partial charge in [-0.3, -0.25) is 14.6 Å². The number of likely N-dealkylation sites (N-methyl/N-ethyl adjacent to an activating group) is 1. The number of amides is 1. The first kappa shape index (κ1) is 35.5. The van der Waals surface area contributed by atoms with Gasteiger partial charge in [-0.2, -0.15) is 18.4 Å². The number of carbonyl (C=O) groups is 1. The molecule has 0 saturated carbocycles. The molecule has 3 N–H and O–H groups in total. The Morgan fingerprint density at radius 3 is 2.51 bits per heavy atom. The topological polar surface area (TPSA) is 118 Å². The van der Waals surface area contributed by atoms with Crippen molar-refractivity contribution in [3.8, 4) is 29.1 Å². The summed E-state index contributed by atoms with van der Waals surface area (Å²) in [4.78, 5) is 17.4. The fourth-order valence-electron chi connectivity index (χ4n) is 8.15. The number of carbonyl (C=O) groups excluding carboxylic acids is 1. The Morgan fingerprint density at radius 1 is 1.06 bits per heavy atom. The van der Waals surface area contributed by atoms with Crippen molar-refractivity contribution in [1.29, 1.82) is 5.26 Å². The summed E-state index contributed by atoms with van der Waals surface area (Å²) in [6.45, 7) is 5.54. The monoisotopic (exact) mass is 887 g/mol. The average Bonchev–Trinajstić information content (AvgIpc) is 3.54. The first-order valence-corrected chi connectivity index (χ1v) is 15.8. The zero-order chi connectivity index (χ0) is 34.2. The van der Waals surface area contributed by atoms with Gasteiger partial charge < -0.3 is 25.0 Å². The van der Waals surface area contributed by atoms with Crippen LogP contribution in [-0.2, 0) is 23.8 Å². The molecule has 0 spiro atoms. The fraction of sp³-hybridized carbons (Fsp3) is 0.389. The van der Waals surface area contributed by atoms with E-state index in [0.29, 0.717) is 41.0 Å². The van der Waals surface area contributed by atoms with Gasteiger partial charge in [0, 0.05) is 91.0 Å². The van der Waals surface area contributed by atoms with Crippen LogP contribution in [0, 0.1) is 76.2 Å². The number of phenols is 2. The van der Waals surface area contributed by atoms with Gasteiger partial charge >= 0.3 is 6.18 Å². The Hall–Kier alpha value is -3.29. The molecule has 0 aliphatic carbocycles. The van der Waals surface area contributed by atoms with Crippen molar-refractivity contribution < 1.29 is 81.7 Å². The molecule has 1 radical (unpaired) electrons. The minimum absolute atomic E-state index is 0. The number of nitrogens with one attached hydrogen (secondary N) is 1. The maximum absolute atomic E-state index is 13.2. The molecule has 5 atom stereocenters. The third-order valence-electron chi connectivity index (χ3n) is 10.6. The van der Waals surface area contributed by atoms with E-state index in [1.807, 2.05) is 20.9 Å². The number of nitriles is 1. The van der Waals surface area contributed by atoms with Crippen molar-refractivity contribution in [3.05, 3.63) is 86.5 Å². The number of aryl methyl sites for hydroxylation is 1. The Labute approximate surface area is 317 Å². The number of piperazine rings is 1. The summed E-state index contributed by atoms with van der Waals surface area (Å²) in [5.74, 6) is 0.582. The van der Waals surface area contributed by atoms with Gasteiger partial charge in [0.15, 0.2) is 11.5 Å². The number of alkyl halides is 3. The zero-order valence-electron chi connectivity index (χ0n) is 27.4. The van der Waals surface area contributed by atoms with Crippen LogP contribution in [0.2, 0.25) is 0 Å². The molecule has 2 unspecified atom stereocenters. The first-order valence-electron chi connectivity index (χ1n) is 15.8. The Bertz CT molecular complexity index is 1930. The molecule has 3 aromatic rings. The summed E-state index contributed by atoms with van der Waals surface area (Å²) in [6.07, 6.45) is -1.16. The summed E-state index contributed by atoms with van der Waals surface area (Å²) in [5, 5.41) is 36.7. The van der Waals surface area contributed by atoms with Gasteiger partial charge in [-0.15, -0.1) is 0 Å². The smallest absolute Gasteiger partial charge is 0.416 e. The molecular weight excluding hydrogens is 852 g/mol. The molecule has 7 rings (SSSR count). The van der Waals surface area contributed by atoms with Crippen molar-refractivity contribution in [1.82, 2.24) is 15.1 Å². The maximum Gasteiger partial charge on any atom is 0.416 e. The van der Waals surface area contributed by atoms with Crippen LogP contribution in [0.5, 0.6) is 23.0 Å². The van der Waals surface area contributed by atoms with E-state index in [1.54, 1.807) is 6.92 Å². The minimum Gasteiger partial charge on any atom is -0.507 e. The molecule has 9 nitrogen and oxygen atoms in total. The summed E-state index contributed by atoms with van der Waals surface area (Å²) >= 11 is 0. The van der Waals surface area contributed by atoms with Crippen LogP contribution in [0.15, 0.2) is 36.4 Å². The Morgan fingerprint density at radius 2 is 1.80 bits per heavy atom. The van der Waals surface area contributed by atoms with Crippen LogP contribution in [0.1, 0.15) is 62.2 Å². The van der Waals surface area contributed by atoms with Crippen LogP contribution in [-0.4, -0.2) is 64.4 Å². The minimum atomic E-state index is -4.51. The summed E-state index contributed by atoms with van der Waals surface area (Å²) in [6, 6.07) is 7.07. The van der Waals surface area contributed by atoms with Gasteiger partial charge in [0.1, 0.15) is 17.5 Å². The average molecular weight is 888 g/mol. The third-order valence-corrected chi connectivity index (χ3v) is 10.6. The number of rotatable bonds is 4. The number of hydrogen-bond donors (Lipinski definition) is 3. The van der Waals surface area contributed by atoms with Crippen molar-refractivity contribution in [2.45, 2.75) is 70.0 Å². The summed E-state index contributed by atoms with van der Waals surface area (Å²) < 4.78 is 51.4. The molecule has 4 heterocycles. The number of benzene rings is 3. The van der Waals surface area contributed by atoms with Crippen molar-refractivity contribution >= 4 is 12.0 Å². The van der Waals surface area contributed by atoms with Crippen LogP contribution < -0.4 is 14.8 Å². The van der Waals surface area contributed by atoms with E-state index < -0.39 is 29.7 Å². The molecule has 0 aromatic heterocycles. The van der Waals surface area contributed by atoms with Gasteiger partial charge in [-0.05, 0) is 81.1 Å².